The van der Waals surface area contributed by atoms with Crippen LogP contribution in [0, 0.1) is 11.8 Å². The van der Waals surface area contributed by atoms with E-state index in [0.29, 0.717) is 12.5 Å². The summed E-state index contributed by atoms with van der Waals surface area (Å²) in [6.45, 7) is 9.55. The van der Waals surface area contributed by atoms with E-state index < -0.39 is 0 Å². The van der Waals surface area contributed by atoms with E-state index in [1.165, 1.54) is 161 Å². The van der Waals surface area contributed by atoms with Crippen molar-refractivity contribution in [2.45, 2.75) is 195 Å². The molecule has 0 aromatic carbocycles. The second-order valence-corrected chi connectivity index (χ2v) is 11.8. The summed E-state index contributed by atoms with van der Waals surface area (Å²) in [6.07, 6.45) is 34.8. The van der Waals surface area contributed by atoms with Gasteiger partial charge in [-0.3, -0.25) is 4.79 Å². The van der Waals surface area contributed by atoms with E-state index in [1.54, 1.807) is 0 Å². The standard InChI is InChI=1S/C34H68O2/c1-5-8-11-13-15-17-18-19-21-23-25-27-30-33(29-10-7-3)31-36-34(35)32(4)28-26-24-22-20-16-14-12-9-6-2/h32-33H,5-31H2,1-4H3. The van der Waals surface area contributed by atoms with E-state index in [9.17, 15) is 4.79 Å². The highest BCUT2D eigenvalue weighted by Crippen LogP contribution is 2.20. The third-order valence-electron chi connectivity index (χ3n) is 8.04. The lowest BCUT2D eigenvalue weighted by Crippen LogP contribution is -2.19. The number of esters is 1. The molecule has 0 amide bonds. The maximum absolute atomic E-state index is 12.5. The molecule has 0 radical (unpaired) electrons. The van der Waals surface area contributed by atoms with Gasteiger partial charge in [0.25, 0.3) is 0 Å². The third-order valence-corrected chi connectivity index (χ3v) is 8.04. The van der Waals surface area contributed by atoms with Gasteiger partial charge < -0.3 is 4.74 Å². The molecule has 216 valence electrons. The summed E-state index contributed by atoms with van der Waals surface area (Å²) in [5, 5.41) is 0. The first kappa shape index (κ1) is 35.5. The average Bonchev–Trinajstić information content (AvgIpc) is 2.89. The number of hydrogen-bond donors (Lipinski definition) is 0. The molecule has 2 heteroatoms. The summed E-state index contributed by atoms with van der Waals surface area (Å²) in [4.78, 5) is 12.5. The van der Waals surface area contributed by atoms with Crippen LogP contribution >= 0.6 is 0 Å². The quantitative estimate of drug-likeness (QED) is 0.0741. The van der Waals surface area contributed by atoms with Crippen molar-refractivity contribution in [3.05, 3.63) is 0 Å². The largest absolute Gasteiger partial charge is 0.465 e. The van der Waals surface area contributed by atoms with Crippen LogP contribution in [0.3, 0.4) is 0 Å². The second kappa shape index (κ2) is 29.0. The van der Waals surface area contributed by atoms with Gasteiger partial charge in [-0.15, -0.1) is 0 Å². The average molecular weight is 509 g/mol. The summed E-state index contributed by atoms with van der Waals surface area (Å²) >= 11 is 0. The molecule has 0 N–H and O–H groups in total. The van der Waals surface area contributed by atoms with Gasteiger partial charge in [0.1, 0.15) is 0 Å². The molecule has 0 spiro atoms. The minimum absolute atomic E-state index is 0.0470. The molecular weight excluding hydrogens is 440 g/mol. The van der Waals surface area contributed by atoms with Crippen molar-refractivity contribution in [2.24, 2.45) is 11.8 Å². The highest BCUT2D eigenvalue weighted by molar-refractivity contribution is 5.71. The Kier molecular flexibility index (Phi) is 28.6. The van der Waals surface area contributed by atoms with E-state index in [2.05, 4.69) is 27.7 Å². The van der Waals surface area contributed by atoms with Crippen LogP contribution in [0.4, 0.5) is 0 Å². The molecule has 36 heavy (non-hydrogen) atoms. The van der Waals surface area contributed by atoms with Crippen molar-refractivity contribution in [1.29, 1.82) is 0 Å². The van der Waals surface area contributed by atoms with Crippen LogP contribution < -0.4 is 0 Å². The first-order valence-corrected chi connectivity index (χ1v) is 16.8. The van der Waals surface area contributed by atoms with E-state index in [4.69, 9.17) is 4.74 Å². The molecule has 0 saturated heterocycles. The summed E-state index contributed by atoms with van der Waals surface area (Å²) in [7, 11) is 0. The van der Waals surface area contributed by atoms with E-state index in [0.717, 1.165) is 6.42 Å². The van der Waals surface area contributed by atoms with Crippen LogP contribution in [0.25, 0.3) is 0 Å². The number of rotatable bonds is 29. The lowest BCUT2D eigenvalue weighted by atomic mass is 9.95. The summed E-state index contributed by atoms with van der Waals surface area (Å²) in [5.41, 5.74) is 0. The summed E-state index contributed by atoms with van der Waals surface area (Å²) in [6, 6.07) is 0. The van der Waals surface area contributed by atoms with Crippen LogP contribution in [-0.4, -0.2) is 12.6 Å². The molecule has 0 fully saturated rings. The van der Waals surface area contributed by atoms with E-state index >= 15 is 0 Å². The topological polar surface area (TPSA) is 26.3 Å². The predicted molar refractivity (Wildman–Crippen MR) is 161 cm³/mol. The molecule has 0 aromatic rings. The number of hydrogen-bond acceptors (Lipinski definition) is 2. The van der Waals surface area contributed by atoms with Gasteiger partial charge in [0, 0.05) is 0 Å². The van der Waals surface area contributed by atoms with Gasteiger partial charge in [0.2, 0.25) is 0 Å². The van der Waals surface area contributed by atoms with Gasteiger partial charge in [-0.1, -0.05) is 175 Å². The fraction of sp³-hybridized carbons (Fsp3) is 0.971. The minimum atomic E-state index is 0.0470. The number of carbonyl (C=O) groups excluding carboxylic acids is 1. The van der Waals surface area contributed by atoms with Crippen molar-refractivity contribution in [3.63, 3.8) is 0 Å². The number of unbranched alkanes of at least 4 members (excludes halogenated alkanes) is 20. The Balaban J connectivity index is 3.79. The van der Waals surface area contributed by atoms with Gasteiger partial charge in [0.05, 0.1) is 12.5 Å². The van der Waals surface area contributed by atoms with Crippen molar-refractivity contribution < 1.29 is 9.53 Å². The lowest BCUT2D eigenvalue weighted by Gasteiger charge is -2.18. The number of ether oxygens (including phenoxy) is 1. The van der Waals surface area contributed by atoms with Gasteiger partial charge >= 0.3 is 5.97 Å². The zero-order valence-corrected chi connectivity index (χ0v) is 25.6. The molecule has 0 heterocycles. The smallest absolute Gasteiger partial charge is 0.308 e. The van der Waals surface area contributed by atoms with Crippen LogP contribution in [0.15, 0.2) is 0 Å². The highest BCUT2D eigenvalue weighted by Gasteiger charge is 2.17. The molecule has 0 rings (SSSR count). The molecule has 0 aliphatic heterocycles. The molecule has 0 aliphatic rings. The van der Waals surface area contributed by atoms with Crippen LogP contribution in [0.5, 0.6) is 0 Å². The van der Waals surface area contributed by atoms with E-state index in [1.807, 2.05) is 0 Å². The Hall–Kier alpha value is -0.530. The number of carbonyl (C=O) groups is 1. The first-order valence-electron chi connectivity index (χ1n) is 16.8. The second-order valence-electron chi connectivity index (χ2n) is 11.8. The molecule has 2 atom stereocenters. The van der Waals surface area contributed by atoms with Crippen LogP contribution in [0.2, 0.25) is 0 Å². The SMILES string of the molecule is CCCCCCCCCCCCCCC(CCCC)COC(=O)C(C)CCCCCCCCCCC. The highest BCUT2D eigenvalue weighted by atomic mass is 16.5. The normalized spacial score (nSPS) is 13.1. The monoisotopic (exact) mass is 509 g/mol. The van der Waals surface area contributed by atoms with Crippen LogP contribution in [-0.2, 0) is 9.53 Å². The fourth-order valence-corrected chi connectivity index (χ4v) is 5.30. The van der Waals surface area contributed by atoms with Crippen molar-refractivity contribution in [3.8, 4) is 0 Å². The van der Waals surface area contributed by atoms with Crippen molar-refractivity contribution in [1.82, 2.24) is 0 Å². The lowest BCUT2D eigenvalue weighted by molar-refractivity contribution is -0.149. The molecule has 0 aromatic heterocycles. The molecule has 0 saturated carbocycles. The van der Waals surface area contributed by atoms with Crippen LogP contribution in [0.1, 0.15) is 195 Å². The Morgan fingerprint density at radius 3 is 1.22 bits per heavy atom. The molecule has 0 bridgehead atoms. The maximum Gasteiger partial charge on any atom is 0.308 e. The molecule has 0 aliphatic carbocycles. The van der Waals surface area contributed by atoms with Gasteiger partial charge in [0.15, 0.2) is 0 Å². The zero-order valence-electron chi connectivity index (χ0n) is 25.6. The predicted octanol–water partition coefficient (Wildman–Crippen LogP) is 12.0. The maximum atomic E-state index is 12.5. The zero-order chi connectivity index (χ0) is 26.5. The van der Waals surface area contributed by atoms with Gasteiger partial charge in [-0.25, -0.2) is 0 Å². The Morgan fingerprint density at radius 2 is 0.806 bits per heavy atom. The third kappa shape index (κ3) is 25.1. The minimum Gasteiger partial charge on any atom is -0.465 e. The Bertz CT molecular complexity index is 433. The summed E-state index contributed by atoms with van der Waals surface area (Å²) < 4.78 is 5.81. The Morgan fingerprint density at radius 1 is 0.472 bits per heavy atom. The van der Waals surface area contributed by atoms with Gasteiger partial charge in [-0.2, -0.15) is 0 Å². The summed E-state index contributed by atoms with van der Waals surface area (Å²) in [5.74, 6) is 0.677. The molecular formula is C34H68O2. The fourth-order valence-electron chi connectivity index (χ4n) is 5.30. The van der Waals surface area contributed by atoms with Gasteiger partial charge in [-0.05, 0) is 25.2 Å². The van der Waals surface area contributed by atoms with Crippen molar-refractivity contribution >= 4 is 5.97 Å². The first-order chi connectivity index (χ1) is 17.7. The molecule has 2 nitrogen and oxygen atoms in total. The van der Waals surface area contributed by atoms with Crippen molar-refractivity contribution in [2.75, 3.05) is 6.61 Å². The molecule has 2 unspecified atom stereocenters. The Labute approximate surface area is 228 Å². The van der Waals surface area contributed by atoms with E-state index in [-0.39, 0.29) is 11.9 Å².